The Labute approximate surface area is 166 Å². The number of nitrogens with zero attached hydrogens (tertiary/aromatic N) is 2. The van der Waals surface area contributed by atoms with Crippen LogP contribution in [0.1, 0.15) is 51.2 Å². The molecule has 27 heavy (non-hydrogen) atoms. The summed E-state index contributed by atoms with van der Waals surface area (Å²) >= 11 is 3.59. The molecule has 7 nitrogen and oxygen atoms in total. The number of hydrogen-bond acceptors (Lipinski definition) is 4. The maximum absolute atomic E-state index is 10.8. The monoisotopic (exact) mass is 437 g/mol. The molecule has 1 aliphatic heterocycles. The van der Waals surface area contributed by atoms with Gasteiger partial charge >= 0.3 is 6.09 Å². The number of benzene rings is 1. The quantitative estimate of drug-likeness (QED) is 0.737. The van der Waals surface area contributed by atoms with Crippen LogP contribution in [0.3, 0.4) is 0 Å². The average Bonchev–Trinajstić information content (AvgIpc) is 3.07. The normalized spacial score (nSPS) is 26.0. The van der Waals surface area contributed by atoms with Crippen molar-refractivity contribution in [1.29, 1.82) is 0 Å². The van der Waals surface area contributed by atoms with Crippen LogP contribution in [0.4, 0.5) is 4.79 Å². The van der Waals surface area contributed by atoms with Crippen LogP contribution in [0.15, 0.2) is 22.8 Å². The van der Waals surface area contributed by atoms with Crippen LogP contribution in [0.25, 0.3) is 10.9 Å². The lowest BCUT2D eigenvalue weighted by molar-refractivity contribution is -0.0366. The fourth-order valence-electron chi connectivity index (χ4n) is 4.00. The van der Waals surface area contributed by atoms with Crippen molar-refractivity contribution in [3.63, 3.8) is 0 Å². The Morgan fingerprint density at radius 1 is 1.26 bits per heavy atom. The summed E-state index contributed by atoms with van der Waals surface area (Å²) in [7, 11) is 0. The molecule has 0 bridgehead atoms. The summed E-state index contributed by atoms with van der Waals surface area (Å²) in [6.07, 6.45) is 7.45. The van der Waals surface area contributed by atoms with Gasteiger partial charge in [-0.25, -0.2) is 9.48 Å². The highest BCUT2D eigenvalue weighted by atomic mass is 79.9. The van der Waals surface area contributed by atoms with Crippen LogP contribution in [0.2, 0.25) is 0 Å². The maximum atomic E-state index is 10.8. The lowest BCUT2D eigenvalue weighted by atomic mass is 9.93. The molecule has 2 N–H and O–H groups in total. The van der Waals surface area contributed by atoms with Crippen molar-refractivity contribution in [3.8, 4) is 5.75 Å². The van der Waals surface area contributed by atoms with E-state index in [0.29, 0.717) is 0 Å². The van der Waals surface area contributed by atoms with Crippen LogP contribution < -0.4 is 10.1 Å². The van der Waals surface area contributed by atoms with Gasteiger partial charge in [0.25, 0.3) is 0 Å². The van der Waals surface area contributed by atoms with Crippen LogP contribution in [-0.4, -0.2) is 39.7 Å². The summed E-state index contributed by atoms with van der Waals surface area (Å²) in [5, 5.41) is 17.0. The fourth-order valence-corrected chi connectivity index (χ4v) is 4.43. The van der Waals surface area contributed by atoms with E-state index in [1.165, 1.54) is 0 Å². The van der Waals surface area contributed by atoms with Crippen molar-refractivity contribution in [2.24, 2.45) is 0 Å². The fraction of sp³-hybridized carbons (Fsp3) is 0.579. The number of nitrogens with one attached hydrogen (secondary N) is 1. The van der Waals surface area contributed by atoms with Crippen LogP contribution in [-0.2, 0) is 4.74 Å². The van der Waals surface area contributed by atoms with E-state index < -0.39 is 6.09 Å². The molecule has 1 unspecified atom stereocenters. The van der Waals surface area contributed by atoms with Crippen LogP contribution in [0, 0.1) is 0 Å². The van der Waals surface area contributed by atoms with E-state index in [1.54, 1.807) is 0 Å². The molecule has 2 aromatic rings. The standard InChI is InChI=1S/C19H24BrN3O4/c20-12-9-16-15(11-21-23(16)18-3-1-2-8-26-18)17(10-12)27-14-6-4-13(5-7-14)22-19(24)25/h9-11,13-14,18,22H,1-8H2,(H,24,25). The van der Waals surface area contributed by atoms with Gasteiger partial charge in [0.2, 0.25) is 0 Å². The Morgan fingerprint density at radius 2 is 2.07 bits per heavy atom. The summed E-state index contributed by atoms with van der Waals surface area (Å²) in [6.45, 7) is 0.775. The van der Waals surface area contributed by atoms with Crippen LogP contribution in [0.5, 0.6) is 5.75 Å². The lowest BCUT2D eigenvalue weighted by Crippen LogP contribution is -2.38. The second kappa shape index (κ2) is 8.06. The largest absolute Gasteiger partial charge is 0.490 e. The summed E-state index contributed by atoms with van der Waals surface area (Å²) < 4.78 is 15.1. The third kappa shape index (κ3) is 4.21. The molecule has 4 rings (SSSR count). The van der Waals surface area contributed by atoms with Crippen molar-refractivity contribution in [2.45, 2.75) is 63.3 Å². The molecule has 1 amide bonds. The lowest BCUT2D eigenvalue weighted by Gasteiger charge is -2.29. The zero-order valence-electron chi connectivity index (χ0n) is 15.1. The van der Waals surface area contributed by atoms with Gasteiger partial charge in [-0.15, -0.1) is 0 Å². The minimum Gasteiger partial charge on any atom is -0.490 e. The second-order valence-corrected chi connectivity index (χ2v) is 8.20. The summed E-state index contributed by atoms with van der Waals surface area (Å²) in [5.41, 5.74) is 1.01. The van der Waals surface area contributed by atoms with Crippen molar-refractivity contribution in [1.82, 2.24) is 15.1 Å². The van der Waals surface area contributed by atoms with E-state index in [1.807, 2.05) is 16.9 Å². The number of rotatable bonds is 4. The highest BCUT2D eigenvalue weighted by Crippen LogP contribution is 2.35. The molecule has 146 valence electrons. The van der Waals surface area contributed by atoms with Gasteiger partial charge in [-0.3, -0.25) is 0 Å². The molecule has 1 saturated heterocycles. The summed E-state index contributed by atoms with van der Waals surface area (Å²) in [4.78, 5) is 10.8. The van der Waals surface area contributed by atoms with Gasteiger partial charge in [0, 0.05) is 17.1 Å². The topological polar surface area (TPSA) is 85.6 Å². The highest BCUT2D eigenvalue weighted by Gasteiger charge is 2.25. The predicted molar refractivity (Wildman–Crippen MR) is 104 cm³/mol. The molecule has 2 fully saturated rings. The molecular formula is C19H24BrN3O4. The second-order valence-electron chi connectivity index (χ2n) is 7.29. The minimum absolute atomic E-state index is 0.0177. The van der Waals surface area contributed by atoms with Crippen molar-refractivity contribution < 1.29 is 19.4 Å². The molecule has 1 atom stereocenters. The van der Waals surface area contributed by atoms with Crippen molar-refractivity contribution in [2.75, 3.05) is 6.61 Å². The Morgan fingerprint density at radius 3 is 2.78 bits per heavy atom. The number of hydrogen-bond donors (Lipinski definition) is 2. The first-order valence-electron chi connectivity index (χ1n) is 9.54. The summed E-state index contributed by atoms with van der Waals surface area (Å²) in [5.74, 6) is 0.816. The number of fused-ring (bicyclic) bond motifs is 1. The van der Waals surface area contributed by atoms with E-state index in [9.17, 15) is 4.79 Å². The SMILES string of the molecule is O=C(O)NC1CCC(Oc2cc(Br)cc3c2cnn3C2CCCCO2)CC1. The number of carbonyl (C=O) groups is 1. The van der Waals surface area contributed by atoms with Gasteiger partial charge in [-0.2, -0.15) is 5.10 Å². The van der Waals surface area contributed by atoms with E-state index in [4.69, 9.17) is 14.6 Å². The molecule has 1 aliphatic carbocycles. The van der Waals surface area contributed by atoms with Crippen LogP contribution >= 0.6 is 15.9 Å². The Bertz CT molecular complexity index is 811. The molecule has 8 heteroatoms. The van der Waals surface area contributed by atoms with Crippen molar-refractivity contribution >= 4 is 32.9 Å². The first kappa shape index (κ1) is 18.6. The number of ether oxygens (including phenoxy) is 2. The first-order chi connectivity index (χ1) is 13.1. The van der Waals surface area contributed by atoms with E-state index >= 15 is 0 Å². The molecular weight excluding hydrogens is 414 g/mol. The average molecular weight is 438 g/mol. The van der Waals surface area contributed by atoms with Crippen molar-refractivity contribution in [3.05, 3.63) is 22.8 Å². The summed E-state index contributed by atoms with van der Waals surface area (Å²) in [6, 6.07) is 4.06. The zero-order valence-corrected chi connectivity index (χ0v) is 16.7. The molecule has 1 saturated carbocycles. The van der Waals surface area contributed by atoms with Gasteiger partial charge in [0.1, 0.15) is 5.75 Å². The van der Waals surface area contributed by atoms with Gasteiger partial charge in [-0.1, -0.05) is 15.9 Å². The Balaban J connectivity index is 1.51. The molecule has 0 spiro atoms. The van der Waals surface area contributed by atoms with E-state index in [-0.39, 0.29) is 18.4 Å². The smallest absolute Gasteiger partial charge is 0.404 e. The number of amides is 1. The zero-order chi connectivity index (χ0) is 18.8. The van der Waals surface area contributed by atoms with Gasteiger partial charge < -0.3 is 19.9 Å². The van der Waals surface area contributed by atoms with Gasteiger partial charge in [0.15, 0.2) is 6.23 Å². The maximum Gasteiger partial charge on any atom is 0.404 e. The van der Waals surface area contributed by atoms with Gasteiger partial charge in [0.05, 0.1) is 23.2 Å². The number of carboxylic acid groups (broad SMARTS) is 1. The van der Waals surface area contributed by atoms with Gasteiger partial charge in [-0.05, 0) is 57.1 Å². The highest BCUT2D eigenvalue weighted by molar-refractivity contribution is 9.10. The molecule has 2 aliphatic rings. The van der Waals surface area contributed by atoms with E-state index in [0.717, 1.165) is 72.7 Å². The Hall–Kier alpha value is -1.80. The number of halogens is 1. The Kier molecular flexibility index (Phi) is 5.54. The molecule has 2 heterocycles. The molecule has 1 aromatic heterocycles. The molecule has 1 aromatic carbocycles. The first-order valence-corrected chi connectivity index (χ1v) is 10.3. The molecule has 0 radical (unpaired) electrons. The van der Waals surface area contributed by atoms with E-state index in [2.05, 4.69) is 32.4 Å². The third-order valence-electron chi connectivity index (χ3n) is 5.37. The third-order valence-corrected chi connectivity index (χ3v) is 5.82. The minimum atomic E-state index is -0.953. The predicted octanol–water partition coefficient (Wildman–Crippen LogP) is 4.46. The number of aromatic nitrogens is 2.